The fourth-order valence-electron chi connectivity index (χ4n) is 2.45. The molecule has 1 aromatic carbocycles. The van der Waals surface area contributed by atoms with Crippen LogP contribution >= 0.6 is 34.4 Å². The Bertz CT molecular complexity index is 813. The molecule has 0 atom stereocenters. The van der Waals surface area contributed by atoms with Gasteiger partial charge in [-0.25, -0.2) is 0 Å². The summed E-state index contributed by atoms with van der Waals surface area (Å²) in [6, 6.07) is 17.8. The standard InChI is InChI=1S/C20H18N2OS3/c21-13-16-5-7-17(8-6-16)26-12-9-20(23)22(14-18-3-1-10-24-18)15-19-4-2-11-25-19/h1-8,10-11H,9,12,14-15H2. The van der Waals surface area contributed by atoms with Crippen LogP contribution in [0.5, 0.6) is 0 Å². The predicted octanol–water partition coefficient (Wildman–Crippen LogP) is 5.39. The van der Waals surface area contributed by atoms with E-state index in [0.717, 1.165) is 10.6 Å². The fourth-order valence-corrected chi connectivity index (χ4v) is 4.73. The van der Waals surface area contributed by atoms with Crippen LogP contribution < -0.4 is 0 Å². The number of nitrogens with zero attached hydrogens (tertiary/aromatic N) is 2. The van der Waals surface area contributed by atoms with Crippen LogP contribution in [0.25, 0.3) is 0 Å². The number of amides is 1. The number of benzene rings is 1. The molecule has 0 aliphatic rings. The first-order valence-electron chi connectivity index (χ1n) is 8.20. The zero-order valence-electron chi connectivity index (χ0n) is 14.1. The Labute approximate surface area is 165 Å². The Hall–Kier alpha value is -2.07. The molecule has 0 saturated carbocycles. The van der Waals surface area contributed by atoms with Crippen molar-refractivity contribution in [2.45, 2.75) is 24.4 Å². The molecule has 0 spiro atoms. The van der Waals surface area contributed by atoms with Crippen molar-refractivity contribution >= 4 is 40.3 Å². The van der Waals surface area contributed by atoms with Crippen LogP contribution in [0.15, 0.2) is 64.2 Å². The highest BCUT2D eigenvalue weighted by atomic mass is 32.2. The molecule has 26 heavy (non-hydrogen) atoms. The first-order chi connectivity index (χ1) is 12.7. The Balaban J connectivity index is 1.56. The van der Waals surface area contributed by atoms with E-state index in [4.69, 9.17) is 5.26 Å². The van der Waals surface area contributed by atoms with E-state index in [9.17, 15) is 4.79 Å². The molecule has 0 N–H and O–H groups in total. The van der Waals surface area contributed by atoms with Crippen molar-refractivity contribution in [2.75, 3.05) is 5.75 Å². The lowest BCUT2D eigenvalue weighted by Crippen LogP contribution is -2.29. The lowest BCUT2D eigenvalue weighted by molar-refractivity contribution is -0.131. The number of carbonyl (C=O) groups excluding carboxylic acids is 1. The number of carbonyl (C=O) groups is 1. The molecule has 0 aliphatic heterocycles. The van der Waals surface area contributed by atoms with Crippen molar-refractivity contribution in [3.63, 3.8) is 0 Å². The van der Waals surface area contributed by atoms with Crippen molar-refractivity contribution in [1.82, 2.24) is 4.90 Å². The molecule has 0 aliphatic carbocycles. The molecule has 0 saturated heterocycles. The number of rotatable bonds is 8. The third-order valence-electron chi connectivity index (χ3n) is 3.77. The summed E-state index contributed by atoms with van der Waals surface area (Å²) in [4.78, 5) is 18.2. The molecule has 3 rings (SSSR count). The quantitative estimate of drug-likeness (QED) is 0.478. The van der Waals surface area contributed by atoms with E-state index in [1.54, 1.807) is 34.4 Å². The van der Waals surface area contributed by atoms with Crippen molar-refractivity contribution in [2.24, 2.45) is 0 Å². The topological polar surface area (TPSA) is 44.1 Å². The maximum absolute atomic E-state index is 12.8. The van der Waals surface area contributed by atoms with Crippen LogP contribution in [0.4, 0.5) is 0 Å². The van der Waals surface area contributed by atoms with E-state index in [1.165, 1.54) is 9.75 Å². The highest BCUT2D eigenvalue weighted by Crippen LogP contribution is 2.22. The molecule has 0 unspecified atom stereocenters. The first kappa shape index (κ1) is 18.7. The van der Waals surface area contributed by atoms with Gasteiger partial charge in [-0.2, -0.15) is 5.26 Å². The highest BCUT2D eigenvalue weighted by Gasteiger charge is 2.15. The van der Waals surface area contributed by atoms with Gasteiger partial charge in [-0.1, -0.05) is 12.1 Å². The zero-order chi connectivity index (χ0) is 18.2. The molecular formula is C20H18N2OS3. The SMILES string of the molecule is N#Cc1ccc(SCCC(=O)N(Cc2cccs2)Cc2cccs2)cc1. The smallest absolute Gasteiger partial charge is 0.224 e. The molecule has 3 nitrogen and oxygen atoms in total. The second-order valence-electron chi connectivity index (χ2n) is 5.64. The summed E-state index contributed by atoms with van der Waals surface area (Å²) >= 11 is 5.02. The number of nitriles is 1. The molecule has 3 aromatic rings. The van der Waals surface area contributed by atoms with Crippen LogP contribution in [0.1, 0.15) is 21.7 Å². The van der Waals surface area contributed by atoms with Crippen molar-refractivity contribution in [3.05, 3.63) is 74.6 Å². The van der Waals surface area contributed by atoms with Crippen LogP contribution in [-0.4, -0.2) is 16.6 Å². The maximum Gasteiger partial charge on any atom is 0.224 e. The second kappa shape index (κ2) is 9.58. The largest absolute Gasteiger partial charge is 0.332 e. The van der Waals surface area contributed by atoms with Gasteiger partial charge >= 0.3 is 0 Å². The third-order valence-corrected chi connectivity index (χ3v) is 6.51. The van der Waals surface area contributed by atoms with Gasteiger partial charge in [-0.05, 0) is 47.2 Å². The number of thioether (sulfide) groups is 1. The molecule has 0 bridgehead atoms. The van der Waals surface area contributed by atoms with Gasteiger partial charge in [-0.3, -0.25) is 4.79 Å². The summed E-state index contributed by atoms with van der Waals surface area (Å²) < 4.78 is 0. The van der Waals surface area contributed by atoms with E-state index in [-0.39, 0.29) is 5.91 Å². The fraction of sp³-hybridized carbons (Fsp3) is 0.200. The molecule has 2 aromatic heterocycles. The van der Waals surface area contributed by atoms with Crippen molar-refractivity contribution < 1.29 is 4.79 Å². The molecule has 132 valence electrons. The first-order valence-corrected chi connectivity index (χ1v) is 10.9. The monoisotopic (exact) mass is 398 g/mol. The summed E-state index contributed by atoms with van der Waals surface area (Å²) in [5.41, 5.74) is 0.656. The molecule has 0 radical (unpaired) electrons. The van der Waals surface area contributed by atoms with Gasteiger partial charge in [0.25, 0.3) is 0 Å². The average molecular weight is 399 g/mol. The Kier molecular flexibility index (Phi) is 6.89. The minimum Gasteiger partial charge on any atom is -0.332 e. The van der Waals surface area contributed by atoms with Gasteiger partial charge in [0.1, 0.15) is 0 Å². The van der Waals surface area contributed by atoms with E-state index >= 15 is 0 Å². The van der Waals surface area contributed by atoms with Crippen LogP contribution in [0.3, 0.4) is 0 Å². The third kappa shape index (κ3) is 5.46. The summed E-state index contributed by atoms with van der Waals surface area (Å²) in [6.45, 7) is 1.33. The highest BCUT2D eigenvalue weighted by molar-refractivity contribution is 7.99. The number of hydrogen-bond acceptors (Lipinski definition) is 5. The van der Waals surface area contributed by atoms with Gasteiger partial charge in [0.15, 0.2) is 0 Å². The molecule has 0 fully saturated rings. The molecule has 1 amide bonds. The maximum atomic E-state index is 12.8. The van der Waals surface area contributed by atoms with Crippen molar-refractivity contribution in [3.8, 4) is 6.07 Å². The van der Waals surface area contributed by atoms with Gasteiger partial charge in [-0.15, -0.1) is 34.4 Å². The predicted molar refractivity (Wildman–Crippen MR) is 109 cm³/mol. The Morgan fingerprint density at radius 2 is 1.62 bits per heavy atom. The van der Waals surface area contributed by atoms with Gasteiger partial charge in [0.05, 0.1) is 24.7 Å². The Morgan fingerprint density at radius 3 is 2.12 bits per heavy atom. The van der Waals surface area contributed by atoms with Gasteiger partial charge in [0.2, 0.25) is 5.91 Å². The molecule has 2 heterocycles. The second-order valence-corrected chi connectivity index (χ2v) is 8.88. The van der Waals surface area contributed by atoms with E-state index in [0.29, 0.717) is 25.1 Å². The van der Waals surface area contributed by atoms with E-state index < -0.39 is 0 Å². The summed E-state index contributed by atoms with van der Waals surface area (Å²) in [5, 5.41) is 12.9. The average Bonchev–Trinajstić information content (AvgIpc) is 3.36. The van der Waals surface area contributed by atoms with Crippen molar-refractivity contribution in [1.29, 1.82) is 5.26 Å². The molecular weight excluding hydrogens is 380 g/mol. The Morgan fingerprint density at radius 1 is 1.00 bits per heavy atom. The van der Waals surface area contributed by atoms with Crippen LogP contribution in [0.2, 0.25) is 0 Å². The lowest BCUT2D eigenvalue weighted by Gasteiger charge is -2.21. The normalized spacial score (nSPS) is 10.4. The number of hydrogen-bond donors (Lipinski definition) is 0. The van der Waals surface area contributed by atoms with Crippen LogP contribution in [0, 0.1) is 11.3 Å². The molecule has 6 heteroatoms. The minimum absolute atomic E-state index is 0.174. The zero-order valence-corrected chi connectivity index (χ0v) is 16.6. The van der Waals surface area contributed by atoms with E-state index in [2.05, 4.69) is 18.2 Å². The minimum atomic E-state index is 0.174. The number of thiophene rings is 2. The van der Waals surface area contributed by atoms with E-state index in [1.807, 2.05) is 52.1 Å². The summed E-state index contributed by atoms with van der Waals surface area (Å²) in [7, 11) is 0. The van der Waals surface area contributed by atoms with Gasteiger partial charge in [0, 0.05) is 26.8 Å². The van der Waals surface area contributed by atoms with Gasteiger partial charge < -0.3 is 4.90 Å². The summed E-state index contributed by atoms with van der Waals surface area (Å²) in [5.74, 6) is 0.906. The summed E-state index contributed by atoms with van der Waals surface area (Å²) in [6.07, 6.45) is 0.501. The van der Waals surface area contributed by atoms with Crippen LogP contribution in [-0.2, 0) is 17.9 Å². The lowest BCUT2D eigenvalue weighted by atomic mass is 10.2.